The van der Waals surface area contributed by atoms with Crippen LogP contribution in [-0.4, -0.2) is 13.5 Å². The molecule has 0 aliphatic heterocycles. The molecule has 0 saturated carbocycles. The van der Waals surface area contributed by atoms with Crippen LogP contribution in [0.15, 0.2) is 71.6 Å². The molecule has 152 valence electrons. The molecule has 0 aliphatic carbocycles. The molecule has 3 aromatic rings. The number of halogens is 3. The Hall–Kier alpha value is -2.48. The average Bonchev–Trinajstić information content (AvgIpc) is 2.70. The number of hydrogen-bond acceptors (Lipinski definition) is 3. The second-order valence-electron chi connectivity index (χ2n) is 6.38. The molecule has 8 heteroatoms. The Morgan fingerprint density at radius 1 is 1.03 bits per heavy atom. The fourth-order valence-electron chi connectivity index (χ4n) is 3.13. The zero-order valence-electron chi connectivity index (χ0n) is 15.4. The smallest absolute Gasteiger partial charge is 0.264 e. The fraction of sp³-hybridized carbons (Fsp3) is 0.143. The van der Waals surface area contributed by atoms with Gasteiger partial charge in [-0.3, -0.25) is 4.31 Å². The van der Waals surface area contributed by atoms with E-state index in [4.69, 9.17) is 11.6 Å². The molecular formula is C21H18ClF2NO3S. The van der Waals surface area contributed by atoms with Gasteiger partial charge in [-0.15, -0.1) is 0 Å². The zero-order valence-corrected chi connectivity index (χ0v) is 17.0. The molecule has 0 spiro atoms. The van der Waals surface area contributed by atoms with Gasteiger partial charge in [-0.25, -0.2) is 17.2 Å². The number of anilines is 1. The highest BCUT2D eigenvalue weighted by Crippen LogP contribution is 2.36. The minimum atomic E-state index is -4.30. The lowest BCUT2D eigenvalue weighted by Gasteiger charge is -2.32. The van der Waals surface area contributed by atoms with Crippen molar-refractivity contribution >= 4 is 27.3 Å². The van der Waals surface area contributed by atoms with E-state index in [2.05, 4.69) is 0 Å². The van der Waals surface area contributed by atoms with E-state index >= 15 is 0 Å². The van der Waals surface area contributed by atoms with Crippen LogP contribution < -0.4 is 4.31 Å². The normalized spacial score (nSPS) is 12.6. The summed E-state index contributed by atoms with van der Waals surface area (Å²) in [6, 6.07) is 13.7. The van der Waals surface area contributed by atoms with Crippen LogP contribution in [0.1, 0.15) is 24.1 Å². The molecule has 0 bridgehead atoms. The summed E-state index contributed by atoms with van der Waals surface area (Å²) in [6.07, 6.45) is 0. The van der Waals surface area contributed by atoms with Gasteiger partial charge in [-0.1, -0.05) is 35.9 Å². The van der Waals surface area contributed by atoms with Gasteiger partial charge in [0.1, 0.15) is 11.6 Å². The van der Waals surface area contributed by atoms with Crippen LogP contribution >= 0.6 is 11.6 Å². The Morgan fingerprint density at radius 3 is 2.34 bits per heavy atom. The molecule has 1 atom stereocenters. The highest BCUT2D eigenvalue weighted by atomic mass is 35.5. The van der Waals surface area contributed by atoms with E-state index in [0.29, 0.717) is 16.1 Å². The lowest BCUT2D eigenvalue weighted by molar-refractivity contribution is 0.280. The number of sulfonamides is 1. The Balaban J connectivity index is 2.24. The molecule has 0 aliphatic rings. The molecule has 0 saturated heterocycles. The maximum Gasteiger partial charge on any atom is 0.264 e. The second-order valence-corrected chi connectivity index (χ2v) is 8.63. The number of benzene rings is 3. The number of nitrogens with zero attached hydrogens (tertiary/aromatic N) is 1. The predicted molar refractivity (Wildman–Crippen MR) is 108 cm³/mol. The topological polar surface area (TPSA) is 57.6 Å². The highest BCUT2D eigenvalue weighted by Gasteiger charge is 2.33. The summed E-state index contributed by atoms with van der Waals surface area (Å²) in [5.41, 5.74) is 0.518. The van der Waals surface area contributed by atoms with Gasteiger partial charge in [0, 0.05) is 11.1 Å². The van der Waals surface area contributed by atoms with Crippen molar-refractivity contribution in [1.82, 2.24) is 0 Å². The maximum absolute atomic E-state index is 14.6. The third-order valence-corrected chi connectivity index (χ3v) is 6.69. The largest absolute Gasteiger partial charge is 0.392 e. The first-order valence-corrected chi connectivity index (χ1v) is 10.5. The lowest BCUT2D eigenvalue weighted by atomic mass is 10.0. The maximum atomic E-state index is 14.6. The van der Waals surface area contributed by atoms with Crippen LogP contribution in [0.4, 0.5) is 14.5 Å². The van der Waals surface area contributed by atoms with Crippen LogP contribution in [0.5, 0.6) is 0 Å². The molecule has 0 amide bonds. The van der Waals surface area contributed by atoms with E-state index in [1.807, 2.05) is 0 Å². The highest BCUT2D eigenvalue weighted by molar-refractivity contribution is 7.92. The molecular weight excluding hydrogens is 420 g/mol. The molecule has 3 aromatic carbocycles. The van der Waals surface area contributed by atoms with Gasteiger partial charge in [0.25, 0.3) is 10.0 Å². The monoisotopic (exact) mass is 437 g/mol. The average molecular weight is 438 g/mol. The first kappa shape index (κ1) is 21.2. The quantitative estimate of drug-likeness (QED) is 0.586. The number of hydrogen-bond donors (Lipinski definition) is 1. The van der Waals surface area contributed by atoms with Crippen LogP contribution in [-0.2, 0) is 16.6 Å². The Labute approximate surface area is 173 Å². The number of aliphatic hydroxyl groups is 1. The summed E-state index contributed by atoms with van der Waals surface area (Å²) >= 11 is 5.86. The summed E-state index contributed by atoms with van der Waals surface area (Å²) in [5, 5.41) is 9.99. The Kier molecular flexibility index (Phi) is 6.21. The summed E-state index contributed by atoms with van der Waals surface area (Å²) < 4.78 is 56.3. The first-order chi connectivity index (χ1) is 13.8. The molecule has 0 radical (unpaired) electrons. The summed E-state index contributed by atoms with van der Waals surface area (Å²) in [7, 11) is -4.30. The first-order valence-electron chi connectivity index (χ1n) is 8.69. The van der Waals surface area contributed by atoms with E-state index in [9.17, 15) is 22.3 Å². The number of aliphatic hydroxyl groups excluding tert-OH is 1. The van der Waals surface area contributed by atoms with Crippen molar-refractivity contribution in [3.63, 3.8) is 0 Å². The molecule has 29 heavy (non-hydrogen) atoms. The third-order valence-electron chi connectivity index (χ3n) is 4.54. The SMILES string of the molecule is CC(c1ccccc1CO)N(c1cc(F)ccc1F)S(=O)(=O)c1ccc(Cl)cc1. The van der Waals surface area contributed by atoms with Crippen LogP contribution in [0.25, 0.3) is 0 Å². The van der Waals surface area contributed by atoms with E-state index in [1.165, 1.54) is 24.3 Å². The van der Waals surface area contributed by atoms with Gasteiger partial charge in [0.15, 0.2) is 0 Å². The standard InChI is InChI=1S/C21H18ClF2NO3S/c1-14(19-5-3-2-4-15(19)13-26)25(21-12-17(23)8-11-20(21)24)29(27,28)18-9-6-16(22)7-10-18/h2-12,14,26H,13H2,1H3. The van der Waals surface area contributed by atoms with Crippen molar-refractivity contribution < 1.29 is 22.3 Å². The third kappa shape index (κ3) is 4.27. The van der Waals surface area contributed by atoms with Gasteiger partial charge in [0.2, 0.25) is 0 Å². The van der Waals surface area contributed by atoms with Crippen molar-refractivity contribution in [2.24, 2.45) is 0 Å². The molecule has 3 rings (SSSR count). The van der Waals surface area contributed by atoms with Crippen molar-refractivity contribution in [3.8, 4) is 0 Å². The van der Waals surface area contributed by atoms with E-state index in [0.717, 1.165) is 22.5 Å². The van der Waals surface area contributed by atoms with Gasteiger partial charge in [-0.2, -0.15) is 0 Å². The van der Waals surface area contributed by atoms with Crippen molar-refractivity contribution in [3.05, 3.63) is 94.5 Å². The molecule has 4 nitrogen and oxygen atoms in total. The van der Waals surface area contributed by atoms with Crippen LogP contribution in [0.2, 0.25) is 5.02 Å². The second kappa shape index (κ2) is 8.49. The molecule has 1 N–H and O–H groups in total. The fourth-order valence-corrected chi connectivity index (χ4v) is 4.90. The molecule has 0 heterocycles. The van der Waals surface area contributed by atoms with E-state index < -0.39 is 33.4 Å². The minimum absolute atomic E-state index is 0.126. The van der Waals surface area contributed by atoms with Gasteiger partial charge in [-0.05, 0) is 54.4 Å². The predicted octanol–water partition coefficient (Wildman–Crippen LogP) is 5.07. The van der Waals surface area contributed by atoms with Gasteiger partial charge < -0.3 is 5.11 Å². The molecule has 1 unspecified atom stereocenters. The van der Waals surface area contributed by atoms with Gasteiger partial charge >= 0.3 is 0 Å². The van der Waals surface area contributed by atoms with E-state index in [-0.39, 0.29) is 11.5 Å². The Bertz CT molecular complexity index is 1120. The lowest BCUT2D eigenvalue weighted by Crippen LogP contribution is -2.35. The molecule has 0 aromatic heterocycles. The van der Waals surface area contributed by atoms with Gasteiger partial charge in [0.05, 0.1) is 23.2 Å². The minimum Gasteiger partial charge on any atom is -0.392 e. The number of rotatable bonds is 6. The molecule has 0 fully saturated rings. The van der Waals surface area contributed by atoms with Crippen molar-refractivity contribution in [2.75, 3.05) is 4.31 Å². The van der Waals surface area contributed by atoms with Crippen LogP contribution in [0.3, 0.4) is 0 Å². The van der Waals surface area contributed by atoms with Crippen molar-refractivity contribution in [2.45, 2.75) is 24.5 Å². The van der Waals surface area contributed by atoms with Crippen molar-refractivity contribution in [1.29, 1.82) is 0 Å². The summed E-state index contributed by atoms with van der Waals surface area (Å²) in [6.45, 7) is 1.22. The summed E-state index contributed by atoms with van der Waals surface area (Å²) in [4.78, 5) is -0.126. The van der Waals surface area contributed by atoms with E-state index in [1.54, 1.807) is 31.2 Å². The Morgan fingerprint density at radius 2 is 1.69 bits per heavy atom. The van der Waals surface area contributed by atoms with Crippen LogP contribution in [0, 0.1) is 11.6 Å². The zero-order chi connectivity index (χ0) is 21.2. The summed E-state index contributed by atoms with van der Waals surface area (Å²) in [5.74, 6) is -1.67.